The minimum absolute atomic E-state index is 0. The third-order valence-corrected chi connectivity index (χ3v) is 6.12. The molecule has 0 unspecified atom stereocenters. The molecule has 5 nitrogen and oxygen atoms in total. The van der Waals surface area contributed by atoms with Gasteiger partial charge in [0.25, 0.3) is 0 Å². The van der Waals surface area contributed by atoms with Gasteiger partial charge in [0.05, 0.1) is 19.8 Å². The number of methoxy groups -OCH3 is 1. The Balaban J connectivity index is 0.00000363. The molecule has 0 saturated heterocycles. The van der Waals surface area contributed by atoms with Crippen LogP contribution < -0.4 is 10.6 Å². The molecule has 176 valence electrons. The van der Waals surface area contributed by atoms with Crippen LogP contribution in [-0.2, 0) is 29.2 Å². The Bertz CT molecular complexity index is 810. The van der Waals surface area contributed by atoms with Gasteiger partial charge in [0.15, 0.2) is 5.96 Å². The van der Waals surface area contributed by atoms with E-state index in [-0.39, 0.29) is 24.0 Å². The van der Waals surface area contributed by atoms with Crippen LogP contribution in [0.3, 0.4) is 0 Å². The van der Waals surface area contributed by atoms with E-state index in [0.717, 1.165) is 32.1 Å². The summed E-state index contributed by atoms with van der Waals surface area (Å²) in [6, 6.07) is 18.7. The van der Waals surface area contributed by atoms with E-state index in [4.69, 9.17) is 14.5 Å². The SMILES string of the molecule is CCNC(=NCc1ccccc1COCc1ccccc1)NCC1(CCOC)CCC1.I. The van der Waals surface area contributed by atoms with Crippen LogP contribution in [0.2, 0.25) is 0 Å². The number of guanidine groups is 1. The van der Waals surface area contributed by atoms with Gasteiger partial charge in [-0.05, 0) is 48.3 Å². The standard InChI is InChI=1S/C26H37N3O2.HI/c1-3-27-25(29-21-26(14-9-15-26)16-17-30-2)28-18-23-12-7-8-13-24(23)20-31-19-22-10-5-4-6-11-22;/h4-8,10-13H,3,9,14-21H2,1-2H3,(H2,27,28,29);1H. The van der Waals surface area contributed by atoms with Crippen molar-refractivity contribution in [1.82, 2.24) is 10.6 Å². The fourth-order valence-corrected chi connectivity index (χ4v) is 3.99. The summed E-state index contributed by atoms with van der Waals surface area (Å²) < 4.78 is 11.3. The Morgan fingerprint density at radius 1 is 0.969 bits per heavy atom. The topological polar surface area (TPSA) is 54.9 Å². The lowest BCUT2D eigenvalue weighted by molar-refractivity contribution is 0.0732. The lowest BCUT2D eigenvalue weighted by Gasteiger charge is -2.42. The summed E-state index contributed by atoms with van der Waals surface area (Å²) in [5.41, 5.74) is 3.93. The van der Waals surface area contributed by atoms with Gasteiger partial charge in [0.2, 0.25) is 0 Å². The van der Waals surface area contributed by atoms with Crippen molar-refractivity contribution in [2.24, 2.45) is 10.4 Å². The van der Waals surface area contributed by atoms with E-state index >= 15 is 0 Å². The molecule has 2 N–H and O–H groups in total. The molecule has 2 aromatic rings. The van der Waals surface area contributed by atoms with Crippen molar-refractivity contribution in [1.29, 1.82) is 0 Å². The maximum Gasteiger partial charge on any atom is 0.191 e. The molecular formula is C26H38IN3O2. The van der Waals surface area contributed by atoms with Crippen molar-refractivity contribution in [3.8, 4) is 0 Å². The van der Waals surface area contributed by atoms with Crippen LogP contribution in [0.4, 0.5) is 0 Å². The Kier molecular flexibility index (Phi) is 12.1. The molecule has 0 atom stereocenters. The van der Waals surface area contributed by atoms with Gasteiger partial charge in [0.1, 0.15) is 0 Å². The Morgan fingerprint density at radius 3 is 2.34 bits per heavy atom. The summed E-state index contributed by atoms with van der Waals surface area (Å²) in [7, 11) is 1.78. The molecular weight excluding hydrogens is 513 g/mol. The van der Waals surface area contributed by atoms with Crippen LogP contribution in [0.25, 0.3) is 0 Å². The monoisotopic (exact) mass is 551 g/mol. The van der Waals surface area contributed by atoms with E-state index in [2.05, 4.69) is 54.0 Å². The average molecular weight is 552 g/mol. The molecule has 1 saturated carbocycles. The highest BCUT2D eigenvalue weighted by atomic mass is 127. The average Bonchev–Trinajstić information content (AvgIpc) is 2.78. The minimum Gasteiger partial charge on any atom is -0.385 e. The van der Waals surface area contributed by atoms with Crippen molar-refractivity contribution in [3.05, 3.63) is 71.3 Å². The largest absolute Gasteiger partial charge is 0.385 e. The molecule has 1 aliphatic rings. The highest BCUT2D eigenvalue weighted by Gasteiger charge is 2.36. The van der Waals surface area contributed by atoms with Crippen molar-refractivity contribution in [2.75, 3.05) is 26.8 Å². The summed E-state index contributed by atoms with van der Waals surface area (Å²) in [6.07, 6.45) is 4.96. The maximum absolute atomic E-state index is 5.96. The number of hydrogen-bond donors (Lipinski definition) is 2. The number of aliphatic imine (C=N–C) groups is 1. The van der Waals surface area contributed by atoms with Gasteiger partial charge in [0, 0.05) is 26.8 Å². The summed E-state index contributed by atoms with van der Waals surface area (Å²) in [5, 5.41) is 6.97. The van der Waals surface area contributed by atoms with Crippen LogP contribution in [0.1, 0.15) is 49.3 Å². The number of nitrogens with one attached hydrogen (secondary N) is 2. The second-order valence-electron chi connectivity index (χ2n) is 8.39. The first kappa shape index (κ1) is 26.6. The predicted octanol–water partition coefficient (Wildman–Crippen LogP) is 5.28. The van der Waals surface area contributed by atoms with Gasteiger partial charge in [-0.1, -0.05) is 61.0 Å². The van der Waals surface area contributed by atoms with E-state index in [0.29, 0.717) is 25.2 Å². The lowest BCUT2D eigenvalue weighted by Crippen LogP contribution is -2.47. The van der Waals surface area contributed by atoms with Gasteiger partial charge >= 0.3 is 0 Å². The van der Waals surface area contributed by atoms with Crippen molar-refractivity contribution in [3.63, 3.8) is 0 Å². The molecule has 3 rings (SSSR count). The first-order valence-corrected chi connectivity index (χ1v) is 11.4. The van der Waals surface area contributed by atoms with Crippen LogP contribution in [0.15, 0.2) is 59.6 Å². The molecule has 1 aliphatic carbocycles. The third kappa shape index (κ3) is 8.37. The minimum atomic E-state index is 0. The lowest BCUT2D eigenvalue weighted by atomic mass is 9.67. The Hall–Kier alpha value is -1.64. The number of nitrogens with zero attached hydrogens (tertiary/aromatic N) is 1. The Morgan fingerprint density at radius 2 is 1.69 bits per heavy atom. The zero-order valence-corrected chi connectivity index (χ0v) is 21.8. The molecule has 0 spiro atoms. The smallest absolute Gasteiger partial charge is 0.191 e. The summed E-state index contributed by atoms with van der Waals surface area (Å²) >= 11 is 0. The van der Waals surface area contributed by atoms with Gasteiger partial charge in [-0.2, -0.15) is 0 Å². The second kappa shape index (κ2) is 14.5. The summed E-state index contributed by atoms with van der Waals surface area (Å²) in [6.45, 7) is 6.56. The van der Waals surface area contributed by atoms with Gasteiger partial charge in [-0.25, -0.2) is 4.99 Å². The molecule has 0 aliphatic heterocycles. The number of rotatable bonds is 12. The maximum atomic E-state index is 5.96. The molecule has 0 radical (unpaired) electrons. The summed E-state index contributed by atoms with van der Waals surface area (Å²) in [5.74, 6) is 0.881. The molecule has 2 aromatic carbocycles. The molecule has 0 bridgehead atoms. The van der Waals surface area contributed by atoms with Crippen LogP contribution in [0, 0.1) is 5.41 Å². The van der Waals surface area contributed by atoms with Crippen molar-refractivity contribution >= 4 is 29.9 Å². The Labute approximate surface area is 210 Å². The normalized spacial score (nSPS) is 14.9. The van der Waals surface area contributed by atoms with Gasteiger partial charge < -0.3 is 20.1 Å². The van der Waals surface area contributed by atoms with E-state index in [1.54, 1.807) is 7.11 Å². The number of benzene rings is 2. The highest BCUT2D eigenvalue weighted by Crippen LogP contribution is 2.43. The highest BCUT2D eigenvalue weighted by molar-refractivity contribution is 14.0. The molecule has 6 heteroatoms. The van der Waals surface area contributed by atoms with Gasteiger partial charge in [-0.15, -0.1) is 24.0 Å². The van der Waals surface area contributed by atoms with Gasteiger partial charge in [-0.3, -0.25) is 0 Å². The molecule has 0 aromatic heterocycles. The number of ether oxygens (including phenoxy) is 2. The first-order chi connectivity index (χ1) is 15.2. The molecule has 32 heavy (non-hydrogen) atoms. The van der Waals surface area contributed by atoms with E-state index in [1.807, 2.05) is 18.2 Å². The van der Waals surface area contributed by atoms with Crippen molar-refractivity contribution in [2.45, 2.75) is 52.4 Å². The van der Waals surface area contributed by atoms with Crippen LogP contribution in [-0.4, -0.2) is 32.8 Å². The quantitative estimate of drug-likeness (QED) is 0.214. The third-order valence-electron chi connectivity index (χ3n) is 6.12. The second-order valence-corrected chi connectivity index (χ2v) is 8.39. The number of hydrogen-bond acceptors (Lipinski definition) is 3. The van der Waals surface area contributed by atoms with Crippen LogP contribution in [0.5, 0.6) is 0 Å². The van der Waals surface area contributed by atoms with Crippen molar-refractivity contribution < 1.29 is 9.47 Å². The van der Waals surface area contributed by atoms with E-state index in [1.165, 1.54) is 36.0 Å². The zero-order valence-electron chi connectivity index (χ0n) is 19.4. The van der Waals surface area contributed by atoms with Crippen LogP contribution >= 0.6 is 24.0 Å². The van der Waals surface area contributed by atoms with E-state index in [9.17, 15) is 0 Å². The first-order valence-electron chi connectivity index (χ1n) is 11.4. The summed E-state index contributed by atoms with van der Waals surface area (Å²) in [4.78, 5) is 4.86. The molecule has 1 fully saturated rings. The molecule has 0 amide bonds. The predicted molar refractivity (Wildman–Crippen MR) is 142 cm³/mol. The molecule has 0 heterocycles. The fourth-order valence-electron chi connectivity index (χ4n) is 3.99. The zero-order chi connectivity index (χ0) is 21.8. The number of halogens is 1. The van der Waals surface area contributed by atoms with E-state index < -0.39 is 0 Å². The fraction of sp³-hybridized carbons (Fsp3) is 0.500.